The first kappa shape index (κ1) is 55.4. The minimum absolute atomic E-state index is 0.0262. The maximum atomic E-state index is 13.2. The molecule has 10 aliphatic rings. The van der Waals surface area contributed by atoms with Gasteiger partial charge in [0.25, 0.3) is 0 Å². The van der Waals surface area contributed by atoms with Gasteiger partial charge in [0.2, 0.25) is 0 Å². The first-order valence-corrected chi connectivity index (χ1v) is 27.2. The van der Waals surface area contributed by atoms with Crippen molar-refractivity contribution in [3.8, 4) is 0 Å². The third-order valence-electron chi connectivity index (χ3n) is 20.7. The van der Waals surface area contributed by atoms with Crippen molar-refractivity contribution < 1.29 is 55.0 Å². The number of nitrogens with zero attached hydrogens (tertiary/aromatic N) is 4. The van der Waals surface area contributed by atoms with E-state index in [1.54, 1.807) is 7.11 Å². The summed E-state index contributed by atoms with van der Waals surface area (Å²) in [5.41, 5.74) is 0.910. The Morgan fingerprint density at radius 1 is 0.700 bits per heavy atom. The fraction of sp³-hybridized carbons (Fsp3) is 0.873. The van der Waals surface area contributed by atoms with E-state index in [1.165, 1.54) is 7.11 Å². The number of ether oxygens (including phenoxy) is 1. The number of β-amino-alcohol motifs (C(OH)–C–C–N with tert-alkyl or cyclic N) is 1. The number of carbonyl (C=O) groups is 1. The van der Waals surface area contributed by atoms with Gasteiger partial charge in [-0.05, 0) is 155 Å². The number of aliphatic hydroxyl groups excluding tert-OH is 5. The summed E-state index contributed by atoms with van der Waals surface area (Å²) in [6.07, 6.45) is 13.9. The van der Waals surface area contributed by atoms with Crippen LogP contribution in [0.1, 0.15) is 138 Å². The van der Waals surface area contributed by atoms with E-state index in [4.69, 9.17) is 19.5 Å². The van der Waals surface area contributed by atoms with Gasteiger partial charge < -0.3 is 55.1 Å². The molecule has 0 aromatic carbocycles. The van der Waals surface area contributed by atoms with Crippen LogP contribution in [-0.4, -0.2) is 172 Å². The third kappa shape index (κ3) is 9.44. The van der Waals surface area contributed by atoms with Crippen LogP contribution in [-0.2, 0) is 19.2 Å². The number of aliphatic hydroxyl groups is 7. The van der Waals surface area contributed by atoms with Gasteiger partial charge in [0.15, 0.2) is 5.78 Å². The van der Waals surface area contributed by atoms with Crippen LogP contribution in [0.15, 0.2) is 33.6 Å². The van der Waals surface area contributed by atoms with Gasteiger partial charge in [-0.1, -0.05) is 51.9 Å². The molecule has 0 bridgehead atoms. The molecule has 10 rings (SSSR count). The maximum Gasteiger partial charge on any atom is 0.159 e. The highest BCUT2D eigenvalue weighted by Gasteiger charge is 2.68. The summed E-state index contributed by atoms with van der Waals surface area (Å²) in [6, 6.07) is 0. The standard InChI is InChI=1S/C27H43N3O6.C25H39NO4.C2H6.CH4O/c1-25-15-24(32)23(31)14-20(25)21(28-34-3)13-19-17(25)5-7-26(2)18(6-8-27(19,26)33)22(29-35-4)16-30-9-11-36-12-10-30;1-23-8-4-17(27)13-21(23)22(29)14-20-19(23)5-9-24(2)16(3-10-25(20,24)30)6-11-26-12-7-18(28)15-26;2*1-2/h13,17-18,20,23-24,31-33H,5-12,14-16H2,1-4H3;14,16-19,21,27-28,30H,3-13,15H2,1-2H3;1-2H3;2H,1H3/b28-21+,29-22-;;;/t17?,18?,20?,23?,24?,25?,26?,27-;16?,17?,18?,19?,21?,23?,24?,25-;;/m11../s1. The van der Waals surface area contributed by atoms with Crippen LogP contribution < -0.4 is 0 Å². The van der Waals surface area contributed by atoms with Crippen LogP contribution in [0.3, 0.4) is 0 Å². The summed E-state index contributed by atoms with van der Waals surface area (Å²) in [7, 11) is 4.13. The third-order valence-corrected chi connectivity index (χ3v) is 20.7. The van der Waals surface area contributed by atoms with Gasteiger partial charge in [-0.3, -0.25) is 9.69 Å². The number of likely N-dealkylation sites (tertiary alicyclic amines) is 1. The number of morpholine rings is 1. The van der Waals surface area contributed by atoms with E-state index < -0.39 is 28.8 Å². The molecule has 15 nitrogen and oxygen atoms in total. The van der Waals surface area contributed by atoms with Crippen molar-refractivity contribution >= 4 is 17.2 Å². The Hall–Kier alpha value is -2.31. The van der Waals surface area contributed by atoms with Gasteiger partial charge in [0, 0.05) is 68.4 Å². The first-order valence-electron chi connectivity index (χ1n) is 27.2. The smallest absolute Gasteiger partial charge is 0.159 e. The van der Waals surface area contributed by atoms with Crippen molar-refractivity contribution in [3.05, 3.63) is 23.3 Å². The van der Waals surface area contributed by atoms with Gasteiger partial charge in [-0.15, -0.1) is 0 Å². The van der Waals surface area contributed by atoms with Crippen molar-refractivity contribution in [3.63, 3.8) is 0 Å². The summed E-state index contributed by atoms with van der Waals surface area (Å²) >= 11 is 0. The molecule has 8 fully saturated rings. The zero-order valence-corrected chi connectivity index (χ0v) is 44.2. The highest BCUT2D eigenvalue weighted by atomic mass is 16.6. The SMILES string of the molecule is CC.CC12CCC(O)CC1C(=O)C=C1C2CCC2(C)C(CCN3CCC(O)C3)CC[C@@]12O.CO.CO/N=C1\C=C2C(CCC3(C)C(/C(CN4CCOCC4)=N\OC)CC[C@@]23O)C2(C)CC(O)C(O)CC12. The lowest BCUT2D eigenvalue weighted by Gasteiger charge is -2.60. The molecule has 70 heavy (non-hydrogen) atoms. The van der Waals surface area contributed by atoms with Gasteiger partial charge in [0.05, 0.1) is 60.3 Å². The Labute approximate surface area is 418 Å². The number of carbonyl (C=O) groups excluding carboxylic acids is 1. The predicted molar refractivity (Wildman–Crippen MR) is 270 cm³/mol. The number of allylic oxidation sites excluding steroid dienone is 2. The molecule has 8 aliphatic carbocycles. The molecule has 15 heteroatoms. The van der Waals surface area contributed by atoms with Crippen LogP contribution in [0.5, 0.6) is 0 Å². The van der Waals surface area contributed by atoms with Crippen molar-refractivity contribution in [2.75, 3.05) is 73.8 Å². The van der Waals surface area contributed by atoms with Crippen LogP contribution in [0.25, 0.3) is 0 Å². The second-order valence-electron chi connectivity index (χ2n) is 23.7. The summed E-state index contributed by atoms with van der Waals surface area (Å²) < 4.78 is 5.53. The average Bonchev–Trinajstić information content (AvgIpc) is 3.98. The lowest BCUT2D eigenvalue weighted by molar-refractivity contribution is -0.140. The number of ketones is 1. The molecule has 0 aromatic rings. The van der Waals surface area contributed by atoms with Gasteiger partial charge in [-0.25, -0.2) is 0 Å². The lowest BCUT2D eigenvalue weighted by Crippen LogP contribution is -2.61. The van der Waals surface area contributed by atoms with E-state index >= 15 is 0 Å². The molecule has 398 valence electrons. The van der Waals surface area contributed by atoms with Crippen LogP contribution >= 0.6 is 0 Å². The fourth-order valence-corrected chi connectivity index (χ4v) is 16.7. The molecule has 0 radical (unpaired) electrons. The normalized spacial score (nSPS) is 46.1. The second-order valence-corrected chi connectivity index (χ2v) is 23.7. The predicted octanol–water partition coefficient (Wildman–Crippen LogP) is 5.27. The number of hydrogen-bond donors (Lipinski definition) is 7. The Balaban J connectivity index is 0.000000195. The summed E-state index contributed by atoms with van der Waals surface area (Å²) in [4.78, 5) is 28.4. The average molecular weight is 985 g/mol. The largest absolute Gasteiger partial charge is 0.400 e. The van der Waals surface area contributed by atoms with Crippen molar-refractivity contribution in [1.29, 1.82) is 0 Å². The molecule has 7 N–H and O–H groups in total. The molecular weight excluding hydrogens is 893 g/mol. The van der Waals surface area contributed by atoms with Crippen LogP contribution in [0.2, 0.25) is 0 Å². The Kier molecular flexibility index (Phi) is 17.3. The molecule has 2 aliphatic heterocycles. The molecule has 0 aromatic heterocycles. The zero-order chi connectivity index (χ0) is 51.0. The van der Waals surface area contributed by atoms with E-state index in [2.05, 4.69) is 53.9 Å². The molecule has 6 saturated carbocycles. The minimum atomic E-state index is -1.01. The first-order chi connectivity index (χ1) is 33.3. The highest BCUT2D eigenvalue weighted by Crippen LogP contribution is 2.69. The molecular formula is C55H92N4O11. The Morgan fingerprint density at radius 3 is 2.00 bits per heavy atom. The Morgan fingerprint density at radius 2 is 1.34 bits per heavy atom. The zero-order valence-electron chi connectivity index (χ0n) is 44.2. The van der Waals surface area contributed by atoms with Gasteiger partial charge in [0.1, 0.15) is 14.2 Å². The molecule has 16 atom stereocenters. The molecule has 14 unspecified atom stereocenters. The van der Waals surface area contributed by atoms with E-state index in [0.717, 1.165) is 153 Å². The highest BCUT2D eigenvalue weighted by molar-refractivity contribution is 5.99. The number of oxime groups is 2. The van der Waals surface area contributed by atoms with E-state index in [-0.39, 0.29) is 63.8 Å². The van der Waals surface area contributed by atoms with Crippen LogP contribution in [0.4, 0.5) is 0 Å². The molecule has 2 saturated heterocycles. The monoisotopic (exact) mass is 985 g/mol. The number of hydrogen-bond acceptors (Lipinski definition) is 15. The van der Waals surface area contributed by atoms with Crippen LogP contribution in [0, 0.1) is 57.2 Å². The van der Waals surface area contributed by atoms with E-state index in [1.807, 2.05) is 19.9 Å². The quantitative estimate of drug-likeness (QED) is 0.122. The fourth-order valence-electron chi connectivity index (χ4n) is 16.7. The Bertz CT molecular complexity index is 1960. The van der Waals surface area contributed by atoms with E-state index in [0.29, 0.717) is 31.6 Å². The lowest BCUT2D eigenvalue weighted by atomic mass is 9.46. The maximum absolute atomic E-state index is 13.2. The topological polar surface area (TPSA) is 218 Å². The second kappa shape index (κ2) is 21.9. The van der Waals surface area contributed by atoms with E-state index in [9.17, 15) is 35.4 Å². The molecule has 2 heterocycles. The van der Waals surface area contributed by atoms with Crippen molar-refractivity contribution in [2.24, 2.45) is 67.5 Å². The van der Waals surface area contributed by atoms with Gasteiger partial charge in [-0.2, -0.15) is 0 Å². The number of rotatable bonds is 8. The summed E-state index contributed by atoms with van der Waals surface area (Å²) in [6.45, 7) is 19.6. The van der Waals surface area contributed by atoms with Gasteiger partial charge >= 0.3 is 0 Å². The number of fused-ring (bicyclic) bond motifs is 10. The van der Waals surface area contributed by atoms with Crippen molar-refractivity contribution in [2.45, 2.75) is 173 Å². The molecule has 0 amide bonds. The van der Waals surface area contributed by atoms with Crippen molar-refractivity contribution in [1.82, 2.24) is 9.80 Å². The minimum Gasteiger partial charge on any atom is -0.400 e. The summed E-state index contributed by atoms with van der Waals surface area (Å²) in [5.74, 6) is 0.936. The molecule has 0 spiro atoms. The summed E-state index contributed by atoms with van der Waals surface area (Å²) in [5, 5.41) is 81.7.